The van der Waals surface area contributed by atoms with E-state index in [2.05, 4.69) is 0 Å². The van der Waals surface area contributed by atoms with Crippen LogP contribution in [-0.4, -0.2) is 15.6 Å². The number of aromatic carboxylic acids is 1. The molecular formula is C16H17NO3. The van der Waals surface area contributed by atoms with Crippen LogP contribution in [0.4, 0.5) is 0 Å². The van der Waals surface area contributed by atoms with Crippen LogP contribution in [0.3, 0.4) is 0 Å². The fraction of sp³-hybridized carbons (Fsp3) is 0.375. The number of hydrogen-bond acceptors (Lipinski definition) is 2. The number of hydrogen-bond donors (Lipinski definition) is 1. The van der Waals surface area contributed by atoms with E-state index < -0.39 is 5.97 Å². The van der Waals surface area contributed by atoms with Crippen LogP contribution in [0.2, 0.25) is 0 Å². The molecule has 1 aliphatic rings. The fourth-order valence-corrected chi connectivity index (χ4v) is 2.81. The maximum Gasteiger partial charge on any atom is 0.341 e. The van der Waals surface area contributed by atoms with Gasteiger partial charge in [0.15, 0.2) is 0 Å². The summed E-state index contributed by atoms with van der Waals surface area (Å²) < 4.78 is 1.95. The monoisotopic (exact) mass is 271 g/mol. The Hall–Kier alpha value is -2.10. The summed E-state index contributed by atoms with van der Waals surface area (Å²) in [5, 5.41) is 9.74. The molecule has 1 heterocycles. The zero-order chi connectivity index (χ0) is 14.4. The minimum atomic E-state index is -1.15. The van der Waals surface area contributed by atoms with E-state index in [0.717, 1.165) is 23.2 Å². The Bertz CT molecular complexity index is 769. The van der Waals surface area contributed by atoms with E-state index in [9.17, 15) is 14.7 Å². The van der Waals surface area contributed by atoms with Gasteiger partial charge in [0.25, 0.3) is 0 Å². The average Bonchev–Trinajstić information content (AvgIpc) is 3.15. The van der Waals surface area contributed by atoms with Crippen LogP contribution in [0.5, 0.6) is 0 Å². The van der Waals surface area contributed by atoms with Gasteiger partial charge in [0.2, 0.25) is 5.43 Å². The molecule has 0 radical (unpaired) electrons. The van der Waals surface area contributed by atoms with Crippen LogP contribution in [0.25, 0.3) is 10.9 Å². The van der Waals surface area contributed by atoms with E-state index >= 15 is 0 Å². The van der Waals surface area contributed by atoms with Crippen molar-refractivity contribution in [3.8, 4) is 0 Å². The Morgan fingerprint density at radius 3 is 2.65 bits per heavy atom. The summed E-state index contributed by atoms with van der Waals surface area (Å²) in [6.45, 7) is 4.68. The van der Waals surface area contributed by atoms with Crippen molar-refractivity contribution in [2.75, 3.05) is 0 Å². The summed E-state index contributed by atoms with van der Waals surface area (Å²) >= 11 is 0. The number of carboxylic acid groups (broad SMARTS) is 1. The lowest BCUT2D eigenvalue weighted by atomic mass is 10.0. The topological polar surface area (TPSA) is 59.3 Å². The molecule has 1 aromatic heterocycles. The Balaban J connectivity index is 2.37. The molecule has 1 saturated carbocycles. The number of carbonyl (C=O) groups is 1. The third-order valence-electron chi connectivity index (χ3n) is 3.89. The SMILES string of the molecule is Cc1cc(C)c2c(c1)c(=O)c(C(=O)O)cn2CC1CC1. The molecule has 0 aliphatic heterocycles. The van der Waals surface area contributed by atoms with Crippen LogP contribution in [0.1, 0.15) is 34.3 Å². The standard InChI is InChI=1S/C16H17NO3/c1-9-5-10(2)14-12(6-9)15(18)13(16(19)20)8-17(14)7-11-3-4-11/h5-6,8,11H,3-4,7H2,1-2H3,(H,19,20). The fourth-order valence-electron chi connectivity index (χ4n) is 2.81. The molecule has 0 atom stereocenters. The Morgan fingerprint density at radius 1 is 1.35 bits per heavy atom. The molecule has 0 unspecified atom stereocenters. The van der Waals surface area contributed by atoms with Crippen molar-refractivity contribution in [2.24, 2.45) is 5.92 Å². The predicted octanol–water partition coefficient (Wildman–Crippen LogP) is 2.73. The van der Waals surface area contributed by atoms with E-state index in [0.29, 0.717) is 11.3 Å². The number of fused-ring (bicyclic) bond motifs is 1. The van der Waals surface area contributed by atoms with E-state index in [1.807, 2.05) is 24.5 Å². The highest BCUT2D eigenvalue weighted by atomic mass is 16.4. The number of nitrogens with zero attached hydrogens (tertiary/aromatic N) is 1. The molecule has 20 heavy (non-hydrogen) atoms. The third kappa shape index (κ3) is 2.11. The lowest BCUT2D eigenvalue weighted by molar-refractivity contribution is 0.0694. The number of carboxylic acids is 1. The minimum absolute atomic E-state index is 0.136. The molecule has 3 rings (SSSR count). The van der Waals surface area contributed by atoms with Crippen molar-refractivity contribution >= 4 is 16.9 Å². The number of aryl methyl sites for hydroxylation is 2. The summed E-state index contributed by atoms with van der Waals surface area (Å²) in [6.07, 6.45) is 3.87. The molecule has 1 aliphatic carbocycles. The summed E-state index contributed by atoms with van der Waals surface area (Å²) in [7, 11) is 0. The largest absolute Gasteiger partial charge is 0.477 e. The Morgan fingerprint density at radius 2 is 2.05 bits per heavy atom. The van der Waals surface area contributed by atoms with Gasteiger partial charge in [-0.25, -0.2) is 4.79 Å². The molecular weight excluding hydrogens is 254 g/mol. The lowest BCUT2D eigenvalue weighted by Crippen LogP contribution is -2.20. The van der Waals surface area contributed by atoms with Crippen LogP contribution >= 0.6 is 0 Å². The summed E-state index contributed by atoms with van der Waals surface area (Å²) in [5.74, 6) is -0.538. The molecule has 2 aromatic rings. The molecule has 104 valence electrons. The second-order valence-corrected chi connectivity index (χ2v) is 5.75. The van der Waals surface area contributed by atoms with Crippen LogP contribution < -0.4 is 5.43 Å². The molecule has 1 fully saturated rings. The van der Waals surface area contributed by atoms with Crippen molar-refractivity contribution in [3.63, 3.8) is 0 Å². The highest BCUT2D eigenvalue weighted by Crippen LogP contribution is 2.32. The first-order valence-electron chi connectivity index (χ1n) is 6.85. The quantitative estimate of drug-likeness (QED) is 0.933. The number of pyridine rings is 1. The first-order chi connectivity index (χ1) is 9.47. The Kier molecular flexibility index (Phi) is 2.89. The zero-order valence-corrected chi connectivity index (χ0v) is 11.6. The van der Waals surface area contributed by atoms with E-state index in [-0.39, 0.29) is 11.0 Å². The van der Waals surface area contributed by atoms with Gasteiger partial charge in [-0.2, -0.15) is 0 Å². The summed E-state index contributed by atoms with van der Waals surface area (Å²) in [5.41, 5.74) is 2.36. The molecule has 0 saturated heterocycles. The second kappa shape index (κ2) is 4.47. The van der Waals surface area contributed by atoms with Crippen LogP contribution in [0, 0.1) is 19.8 Å². The lowest BCUT2D eigenvalue weighted by Gasteiger charge is -2.14. The highest BCUT2D eigenvalue weighted by Gasteiger charge is 2.24. The first-order valence-corrected chi connectivity index (χ1v) is 6.85. The Labute approximate surface area is 116 Å². The second-order valence-electron chi connectivity index (χ2n) is 5.75. The van der Waals surface area contributed by atoms with Gasteiger partial charge in [0.05, 0.1) is 5.52 Å². The van der Waals surface area contributed by atoms with Gasteiger partial charge in [-0.3, -0.25) is 4.79 Å². The van der Waals surface area contributed by atoms with Crippen LogP contribution in [0.15, 0.2) is 23.1 Å². The van der Waals surface area contributed by atoms with E-state index in [1.54, 1.807) is 6.07 Å². The number of rotatable bonds is 3. The molecule has 1 N–H and O–H groups in total. The van der Waals surface area contributed by atoms with Crippen molar-refractivity contribution in [3.05, 3.63) is 45.2 Å². The minimum Gasteiger partial charge on any atom is -0.477 e. The van der Waals surface area contributed by atoms with Gasteiger partial charge in [0.1, 0.15) is 5.56 Å². The first kappa shape index (κ1) is 12.9. The van der Waals surface area contributed by atoms with Crippen molar-refractivity contribution in [1.82, 2.24) is 4.57 Å². The van der Waals surface area contributed by atoms with Crippen molar-refractivity contribution in [1.29, 1.82) is 0 Å². The van der Waals surface area contributed by atoms with Gasteiger partial charge in [-0.05, 0) is 49.8 Å². The molecule has 0 amide bonds. The van der Waals surface area contributed by atoms with Gasteiger partial charge in [0, 0.05) is 18.1 Å². The molecule has 1 aromatic carbocycles. The normalized spacial score (nSPS) is 14.7. The zero-order valence-electron chi connectivity index (χ0n) is 11.6. The van der Waals surface area contributed by atoms with Gasteiger partial charge in [-0.15, -0.1) is 0 Å². The predicted molar refractivity (Wildman–Crippen MR) is 77.4 cm³/mol. The van der Waals surface area contributed by atoms with E-state index in [4.69, 9.17) is 0 Å². The third-order valence-corrected chi connectivity index (χ3v) is 3.89. The van der Waals surface area contributed by atoms with Gasteiger partial charge in [-0.1, -0.05) is 6.07 Å². The maximum absolute atomic E-state index is 12.3. The average molecular weight is 271 g/mol. The van der Waals surface area contributed by atoms with Crippen LogP contribution in [-0.2, 0) is 6.54 Å². The molecule has 4 nitrogen and oxygen atoms in total. The summed E-state index contributed by atoms with van der Waals surface area (Å²) in [4.78, 5) is 23.6. The molecule has 0 bridgehead atoms. The van der Waals surface area contributed by atoms with Crippen molar-refractivity contribution in [2.45, 2.75) is 33.2 Å². The molecule has 0 spiro atoms. The summed E-state index contributed by atoms with van der Waals surface area (Å²) in [6, 6.07) is 3.83. The van der Waals surface area contributed by atoms with Gasteiger partial charge >= 0.3 is 5.97 Å². The number of benzene rings is 1. The maximum atomic E-state index is 12.3. The molecule has 4 heteroatoms. The number of aromatic nitrogens is 1. The highest BCUT2D eigenvalue weighted by molar-refractivity contribution is 5.93. The smallest absolute Gasteiger partial charge is 0.341 e. The van der Waals surface area contributed by atoms with Crippen molar-refractivity contribution < 1.29 is 9.90 Å². The van der Waals surface area contributed by atoms with E-state index in [1.165, 1.54) is 19.0 Å². The van der Waals surface area contributed by atoms with Gasteiger partial charge < -0.3 is 9.67 Å².